The molecule has 88 valence electrons. The van der Waals surface area contributed by atoms with E-state index >= 15 is 0 Å². The molecule has 0 aromatic carbocycles. The molecule has 6 heteroatoms. The van der Waals surface area contributed by atoms with Crippen LogP contribution in [0.5, 0.6) is 0 Å². The summed E-state index contributed by atoms with van der Waals surface area (Å²) in [6, 6.07) is 0. The molecule has 0 rings (SSSR count). The number of carbonyl (C=O) groups excluding carboxylic acids is 1. The van der Waals surface area contributed by atoms with Gasteiger partial charge in [-0.3, -0.25) is 4.84 Å². The van der Waals surface area contributed by atoms with Gasteiger partial charge < -0.3 is 10.1 Å². The van der Waals surface area contributed by atoms with Crippen molar-refractivity contribution in [2.75, 3.05) is 26.2 Å². The van der Waals surface area contributed by atoms with E-state index in [1.807, 2.05) is 20.1 Å². The van der Waals surface area contributed by atoms with Crippen LogP contribution in [0.4, 0.5) is 4.79 Å². The second kappa shape index (κ2) is 6.68. The van der Waals surface area contributed by atoms with Gasteiger partial charge in [-0.2, -0.15) is 11.8 Å². The third-order valence-corrected chi connectivity index (χ3v) is 2.49. The van der Waals surface area contributed by atoms with Crippen molar-refractivity contribution < 1.29 is 14.4 Å². The molecule has 1 N–H and O–H groups in total. The highest BCUT2D eigenvalue weighted by Crippen LogP contribution is 2.14. The summed E-state index contributed by atoms with van der Waals surface area (Å²) in [5.74, 6) is 0.651. The van der Waals surface area contributed by atoms with Gasteiger partial charge in [0.05, 0.1) is 5.71 Å². The Labute approximate surface area is 94.6 Å². The molecular formula is C9H18N2O3S. The Morgan fingerprint density at radius 2 is 2.13 bits per heavy atom. The average Bonchev–Trinajstić information content (AvgIpc) is 2.23. The fourth-order valence-electron chi connectivity index (χ4n) is 0.707. The molecule has 0 aliphatic rings. The number of thioether (sulfide) groups is 1. The minimum atomic E-state index is -0.583. The van der Waals surface area contributed by atoms with Crippen molar-refractivity contribution in [2.45, 2.75) is 19.4 Å². The monoisotopic (exact) mass is 234 g/mol. The van der Waals surface area contributed by atoms with Crippen LogP contribution in [0.15, 0.2) is 5.16 Å². The first-order valence-corrected chi connectivity index (χ1v) is 5.87. The predicted octanol–water partition coefficient (Wildman–Crippen LogP) is 1.49. The van der Waals surface area contributed by atoms with Crippen molar-refractivity contribution in [3.05, 3.63) is 0 Å². The smallest absolute Gasteiger partial charge is 0.373 e. The second-order valence-corrected chi connectivity index (χ2v) is 4.18. The molecule has 0 heterocycles. The summed E-state index contributed by atoms with van der Waals surface area (Å²) in [5, 5.41) is 6.10. The van der Waals surface area contributed by atoms with E-state index in [1.54, 1.807) is 18.9 Å². The normalized spacial score (nSPS) is 12.5. The Morgan fingerprint density at radius 3 is 2.53 bits per heavy atom. The van der Waals surface area contributed by atoms with Gasteiger partial charge in [0.15, 0.2) is 0 Å². The Balaban J connectivity index is 4.57. The molecule has 0 saturated carbocycles. The van der Waals surface area contributed by atoms with Gasteiger partial charge in [-0.25, -0.2) is 4.79 Å². The lowest BCUT2D eigenvalue weighted by molar-refractivity contribution is 0.0775. The van der Waals surface area contributed by atoms with Crippen LogP contribution in [0.3, 0.4) is 0 Å². The van der Waals surface area contributed by atoms with Crippen LogP contribution in [0, 0.1) is 0 Å². The Kier molecular flexibility index (Phi) is 6.35. The molecule has 0 aliphatic heterocycles. The highest BCUT2D eigenvalue weighted by Gasteiger charge is 2.25. The maximum absolute atomic E-state index is 10.8. The van der Waals surface area contributed by atoms with Gasteiger partial charge in [-0.1, -0.05) is 5.16 Å². The number of oxime groups is 1. The van der Waals surface area contributed by atoms with Gasteiger partial charge >= 0.3 is 6.09 Å². The van der Waals surface area contributed by atoms with Crippen LogP contribution in [-0.2, 0) is 9.57 Å². The van der Waals surface area contributed by atoms with Crippen LogP contribution in [0.1, 0.15) is 13.8 Å². The van der Waals surface area contributed by atoms with E-state index in [0.29, 0.717) is 11.5 Å². The Bertz CT molecular complexity index is 242. The third-order valence-electron chi connectivity index (χ3n) is 1.93. The van der Waals surface area contributed by atoms with Crippen molar-refractivity contribution in [2.24, 2.45) is 5.16 Å². The van der Waals surface area contributed by atoms with Crippen molar-refractivity contribution in [3.8, 4) is 0 Å². The largest absolute Gasteiger partial charge is 0.433 e. The maximum Gasteiger partial charge on any atom is 0.433 e. The van der Waals surface area contributed by atoms with Gasteiger partial charge in [0.25, 0.3) is 0 Å². The minimum Gasteiger partial charge on any atom is -0.373 e. The Hall–Kier alpha value is -0.750. The van der Waals surface area contributed by atoms with E-state index in [4.69, 9.17) is 4.74 Å². The van der Waals surface area contributed by atoms with Crippen molar-refractivity contribution >= 4 is 23.6 Å². The fourth-order valence-corrected chi connectivity index (χ4v) is 1.38. The molecule has 5 nitrogen and oxygen atoms in total. The van der Waals surface area contributed by atoms with Crippen LogP contribution in [-0.4, -0.2) is 43.6 Å². The lowest BCUT2D eigenvalue weighted by Crippen LogP contribution is -2.36. The van der Waals surface area contributed by atoms with Gasteiger partial charge in [-0.15, -0.1) is 0 Å². The number of rotatable bonds is 5. The zero-order valence-corrected chi connectivity index (χ0v) is 10.6. The first-order valence-electron chi connectivity index (χ1n) is 4.48. The number of methoxy groups -OCH3 is 1. The van der Waals surface area contributed by atoms with E-state index < -0.39 is 11.7 Å². The molecule has 0 aliphatic carbocycles. The van der Waals surface area contributed by atoms with Crippen LogP contribution in [0.25, 0.3) is 0 Å². The molecule has 0 saturated heterocycles. The zero-order chi connectivity index (χ0) is 11.9. The van der Waals surface area contributed by atoms with E-state index in [9.17, 15) is 4.79 Å². The maximum atomic E-state index is 10.8. The summed E-state index contributed by atoms with van der Waals surface area (Å²) in [4.78, 5) is 15.5. The van der Waals surface area contributed by atoms with Crippen LogP contribution in [0.2, 0.25) is 0 Å². The number of nitrogens with zero attached hydrogens (tertiary/aromatic N) is 1. The highest BCUT2D eigenvalue weighted by molar-refractivity contribution is 7.99. The van der Waals surface area contributed by atoms with E-state index in [0.717, 1.165) is 0 Å². The number of amides is 1. The quantitative estimate of drug-likeness (QED) is 0.445. The number of nitrogens with one attached hydrogen (secondary N) is 1. The lowest BCUT2D eigenvalue weighted by atomic mass is 10.0. The Morgan fingerprint density at radius 1 is 1.53 bits per heavy atom. The molecule has 0 fully saturated rings. The van der Waals surface area contributed by atoms with Crippen molar-refractivity contribution in [1.82, 2.24) is 5.32 Å². The average molecular weight is 234 g/mol. The number of ether oxygens (including phenoxy) is 1. The minimum absolute atomic E-state index is 0.531. The molecule has 0 radical (unpaired) electrons. The molecule has 0 bridgehead atoms. The topological polar surface area (TPSA) is 59.9 Å². The summed E-state index contributed by atoms with van der Waals surface area (Å²) >= 11 is 1.59. The third kappa shape index (κ3) is 5.03. The van der Waals surface area contributed by atoms with Gasteiger partial charge in [0, 0.05) is 19.9 Å². The van der Waals surface area contributed by atoms with Gasteiger partial charge in [-0.05, 0) is 20.1 Å². The SMILES string of the molecule is CNC(=O)ON=C(CSC)C(C)(C)OC. The molecular weight excluding hydrogens is 216 g/mol. The molecule has 0 spiro atoms. The van der Waals surface area contributed by atoms with Crippen LogP contribution >= 0.6 is 11.8 Å². The highest BCUT2D eigenvalue weighted by atomic mass is 32.2. The number of carbonyl (C=O) groups is 1. The summed E-state index contributed by atoms with van der Waals surface area (Å²) in [5.41, 5.74) is 0.151. The van der Waals surface area contributed by atoms with Crippen LogP contribution < -0.4 is 5.32 Å². The molecule has 0 unspecified atom stereocenters. The molecule has 0 atom stereocenters. The predicted molar refractivity (Wildman–Crippen MR) is 62.4 cm³/mol. The first kappa shape index (κ1) is 14.2. The van der Waals surface area contributed by atoms with E-state index in [2.05, 4.69) is 15.3 Å². The van der Waals surface area contributed by atoms with Crippen molar-refractivity contribution in [3.63, 3.8) is 0 Å². The fraction of sp³-hybridized carbons (Fsp3) is 0.778. The van der Waals surface area contributed by atoms with E-state index in [-0.39, 0.29) is 0 Å². The lowest BCUT2D eigenvalue weighted by Gasteiger charge is -2.23. The second-order valence-electron chi connectivity index (χ2n) is 3.31. The molecule has 0 aromatic rings. The zero-order valence-electron chi connectivity index (χ0n) is 9.79. The van der Waals surface area contributed by atoms with Gasteiger partial charge in [0.1, 0.15) is 5.60 Å². The summed E-state index contributed by atoms with van der Waals surface area (Å²) in [7, 11) is 3.07. The summed E-state index contributed by atoms with van der Waals surface area (Å²) < 4.78 is 5.26. The number of hydrogen-bond acceptors (Lipinski definition) is 5. The van der Waals surface area contributed by atoms with Gasteiger partial charge in [0.2, 0.25) is 0 Å². The number of hydrogen-bond donors (Lipinski definition) is 1. The molecule has 0 aromatic heterocycles. The first-order chi connectivity index (χ1) is 6.97. The molecule has 15 heavy (non-hydrogen) atoms. The van der Waals surface area contributed by atoms with Crippen molar-refractivity contribution in [1.29, 1.82) is 0 Å². The standard InChI is InChI=1S/C9H18N2O3S/c1-9(2,13-4)7(6-15-5)11-14-8(12)10-3/h6H2,1-5H3,(H,10,12). The molecule has 1 amide bonds. The van der Waals surface area contributed by atoms with E-state index in [1.165, 1.54) is 7.05 Å². The summed E-state index contributed by atoms with van der Waals surface area (Å²) in [6.07, 6.45) is 1.36. The summed E-state index contributed by atoms with van der Waals surface area (Å²) in [6.45, 7) is 3.74.